The number of ether oxygens (including phenoxy) is 1. The van der Waals surface area contributed by atoms with Gasteiger partial charge in [-0.15, -0.1) is 0 Å². The number of fused-ring (bicyclic) bond motifs is 1. The van der Waals surface area contributed by atoms with Crippen LogP contribution in [0, 0.1) is 6.92 Å². The molecule has 2 aromatic rings. The molecule has 1 N–H and O–H groups in total. The highest BCUT2D eigenvalue weighted by atomic mass is 35.5. The van der Waals surface area contributed by atoms with Crippen LogP contribution in [-0.2, 0) is 0 Å². The molecule has 0 aliphatic heterocycles. The molecule has 0 amide bonds. The van der Waals surface area contributed by atoms with Crippen LogP contribution in [0.3, 0.4) is 0 Å². The molecule has 0 unspecified atom stereocenters. The number of aryl methyl sites for hydroxylation is 1. The van der Waals surface area contributed by atoms with Crippen LogP contribution >= 0.6 is 11.6 Å². The van der Waals surface area contributed by atoms with Gasteiger partial charge in [-0.2, -0.15) is 0 Å². The number of carbonyl (C=O) groups is 1. The summed E-state index contributed by atoms with van der Waals surface area (Å²) in [6, 6.07) is 3.29. The zero-order chi connectivity index (χ0) is 11.9. The summed E-state index contributed by atoms with van der Waals surface area (Å²) < 4.78 is 10.3. The van der Waals surface area contributed by atoms with Crippen molar-refractivity contribution in [3.63, 3.8) is 0 Å². The van der Waals surface area contributed by atoms with Crippen LogP contribution in [0.15, 0.2) is 16.5 Å². The average molecular weight is 241 g/mol. The fraction of sp³-hybridized carbons (Fsp3) is 0.182. The van der Waals surface area contributed by atoms with Crippen molar-refractivity contribution in [1.82, 2.24) is 0 Å². The summed E-state index contributed by atoms with van der Waals surface area (Å²) in [5, 5.41) is 9.97. The summed E-state index contributed by atoms with van der Waals surface area (Å²) in [4.78, 5) is 10.9. The number of carboxylic acids is 1. The largest absolute Gasteiger partial charge is 0.493 e. The topological polar surface area (TPSA) is 59.7 Å². The Morgan fingerprint density at radius 2 is 2.19 bits per heavy atom. The number of aromatic carboxylic acids is 1. The van der Waals surface area contributed by atoms with Crippen molar-refractivity contribution in [3.8, 4) is 5.75 Å². The van der Waals surface area contributed by atoms with E-state index in [2.05, 4.69) is 0 Å². The molecule has 16 heavy (non-hydrogen) atoms. The van der Waals surface area contributed by atoms with Crippen LogP contribution in [-0.4, -0.2) is 18.2 Å². The van der Waals surface area contributed by atoms with Crippen molar-refractivity contribution in [1.29, 1.82) is 0 Å². The van der Waals surface area contributed by atoms with E-state index in [1.807, 2.05) is 0 Å². The van der Waals surface area contributed by atoms with Crippen LogP contribution in [0.5, 0.6) is 5.75 Å². The first-order valence-corrected chi connectivity index (χ1v) is 4.93. The normalized spacial score (nSPS) is 10.7. The minimum atomic E-state index is -1.12. The third-order valence-corrected chi connectivity index (χ3v) is 2.72. The predicted molar refractivity (Wildman–Crippen MR) is 59.5 cm³/mol. The molecule has 0 radical (unpaired) electrons. The van der Waals surface area contributed by atoms with E-state index in [4.69, 9.17) is 25.9 Å². The van der Waals surface area contributed by atoms with Gasteiger partial charge in [-0.1, -0.05) is 11.6 Å². The van der Waals surface area contributed by atoms with E-state index in [0.29, 0.717) is 27.3 Å². The monoisotopic (exact) mass is 240 g/mol. The lowest BCUT2D eigenvalue weighted by atomic mass is 10.1. The lowest BCUT2D eigenvalue weighted by Gasteiger charge is -2.00. The Morgan fingerprint density at radius 1 is 1.50 bits per heavy atom. The highest BCUT2D eigenvalue weighted by Gasteiger charge is 2.20. The van der Waals surface area contributed by atoms with Crippen molar-refractivity contribution in [2.75, 3.05) is 7.11 Å². The third-order valence-electron chi connectivity index (χ3n) is 2.40. The van der Waals surface area contributed by atoms with Gasteiger partial charge in [0.25, 0.3) is 0 Å². The van der Waals surface area contributed by atoms with E-state index >= 15 is 0 Å². The smallest absolute Gasteiger partial charge is 0.372 e. The van der Waals surface area contributed by atoms with E-state index < -0.39 is 5.97 Å². The number of hydrogen-bond donors (Lipinski definition) is 1. The molecule has 4 nitrogen and oxygen atoms in total. The van der Waals surface area contributed by atoms with Gasteiger partial charge in [0.2, 0.25) is 5.76 Å². The van der Waals surface area contributed by atoms with Gasteiger partial charge in [0.05, 0.1) is 12.1 Å². The minimum Gasteiger partial charge on any atom is -0.493 e. The van der Waals surface area contributed by atoms with Gasteiger partial charge in [-0.3, -0.25) is 0 Å². The second kappa shape index (κ2) is 3.72. The van der Waals surface area contributed by atoms with Crippen LogP contribution < -0.4 is 4.74 Å². The molecule has 5 heteroatoms. The minimum absolute atomic E-state index is 0.110. The van der Waals surface area contributed by atoms with Gasteiger partial charge in [-0.05, 0) is 19.1 Å². The summed E-state index contributed by atoms with van der Waals surface area (Å²) in [5.74, 6) is -0.761. The second-order valence-electron chi connectivity index (χ2n) is 3.32. The number of furan rings is 1. The van der Waals surface area contributed by atoms with Crippen molar-refractivity contribution < 1.29 is 19.1 Å². The highest BCUT2D eigenvalue weighted by Crippen LogP contribution is 2.37. The number of methoxy groups -OCH3 is 1. The lowest BCUT2D eigenvalue weighted by Crippen LogP contribution is -1.95. The molecule has 0 bridgehead atoms. The highest BCUT2D eigenvalue weighted by molar-refractivity contribution is 6.36. The van der Waals surface area contributed by atoms with Crippen LogP contribution in [0.1, 0.15) is 16.1 Å². The van der Waals surface area contributed by atoms with Crippen molar-refractivity contribution in [2.45, 2.75) is 6.92 Å². The Balaban J connectivity index is 2.89. The Hall–Kier alpha value is -1.68. The van der Waals surface area contributed by atoms with Gasteiger partial charge in [0.15, 0.2) is 11.3 Å². The van der Waals surface area contributed by atoms with Gasteiger partial charge >= 0.3 is 5.97 Å². The van der Waals surface area contributed by atoms with Crippen LogP contribution in [0.25, 0.3) is 11.0 Å². The molecule has 1 aromatic heterocycles. The van der Waals surface area contributed by atoms with Crippen molar-refractivity contribution in [2.24, 2.45) is 0 Å². The SMILES string of the molecule is COc1ccc(Cl)c2c(C)c(C(=O)O)oc12. The first-order valence-electron chi connectivity index (χ1n) is 4.55. The quantitative estimate of drug-likeness (QED) is 0.876. The average Bonchev–Trinajstić information content (AvgIpc) is 2.58. The summed E-state index contributed by atoms with van der Waals surface area (Å²) in [6.07, 6.45) is 0. The summed E-state index contributed by atoms with van der Waals surface area (Å²) >= 11 is 6.00. The number of benzene rings is 1. The molecule has 1 aromatic carbocycles. The Kier molecular flexibility index (Phi) is 2.52. The maximum absolute atomic E-state index is 10.9. The summed E-state index contributed by atoms with van der Waals surface area (Å²) in [5.41, 5.74) is 0.872. The van der Waals surface area contributed by atoms with E-state index in [1.54, 1.807) is 19.1 Å². The number of hydrogen-bond acceptors (Lipinski definition) is 3. The maximum Gasteiger partial charge on any atom is 0.372 e. The third kappa shape index (κ3) is 1.42. The summed E-state index contributed by atoms with van der Waals surface area (Å²) in [6.45, 7) is 1.65. The first-order chi connectivity index (χ1) is 7.56. The molecule has 84 valence electrons. The van der Waals surface area contributed by atoms with E-state index in [1.165, 1.54) is 7.11 Å². The molecular weight excluding hydrogens is 232 g/mol. The van der Waals surface area contributed by atoms with E-state index in [-0.39, 0.29) is 5.76 Å². The molecule has 0 saturated heterocycles. The molecule has 0 aliphatic carbocycles. The van der Waals surface area contributed by atoms with Gasteiger partial charge < -0.3 is 14.3 Å². The van der Waals surface area contributed by atoms with Crippen LogP contribution in [0.2, 0.25) is 5.02 Å². The molecule has 0 atom stereocenters. The molecule has 0 aliphatic rings. The van der Waals surface area contributed by atoms with E-state index in [9.17, 15) is 4.79 Å². The molecule has 1 heterocycles. The Bertz CT molecular complexity index is 571. The molecule has 2 rings (SSSR count). The van der Waals surface area contributed by atoms with Gasteiger partial charge in [0, 0.05) is 10.9 Å². The van der Waals surface area contributed by atoms with Crippen molar-refractivity contribution in [3.05, 3.63) is 28.5 Å². The number of carboxylic acid groups (broad SMARTS) is 1. The first kappa shape index (κ1) is 10.8. The predicted octanol–water partition coefficient (Wildman–Crippen LogP) is 3.10. The molecule has 0 fully saturated rings. The molecular formula is C11H9ClO4. The standard InChI is InChI=1S/C11H9ClO4/c1-5-8-6(12)3-4-7(15-2)10(8)16-9(5)11(13)14/h3-4H,1-2H3,(H,13,14). The zero-order valence-electron chi connectivity index (χ0n) is 8.70. The van der Waals surface area contributed by atoms with Crippen LogP contribution in [0.4, 0.5) is 0 Å². The van der Waals surface area contributed by atoms with Crippen molar-refractivity contribution >= 4 is 28.5 Å². The Morgan fingerprint density at radius 3 is 2.75 bits per heavy atom. The number of rotatable bonds is 2. The fourth-order valence-corrected chi connectivity index (χ4v) is 1.94. The van der Waals surface area contributed by atoms with Gasteiger partial charge in [-0.25, -0.2) is 4.79 Å². The second-order valence-corrected chi connectivity index (χ2v) is 3.72. The zero-order valence-corrected chi connectivity index (χ0v) is 9.46. The number of halogens is 1. The Labute approximate surface area is 96.4 Å². The van der Waals surface area contributed by atoms with E-state index in [0.717, 1.165) is 0 Å². The van der Waals surface area contributed by atoms with Gasteiger partial charge in [0.1, 0.15) is 0 Å². The maximum atomic E-state index is 10.9. The molecule has 0 saturated carbocycles. The lowest BCUT2D eigenvalue weighted by molar-refractivity contribution is 0.0664. The molecule has 0 spiro atoms. The fourth-order valence-electron chi connectivity index (χ4n) is 1.65. The summed E-state index contributed by atoms with van der Waals surface area (Å²) in [7, 11) is 1.49.